The Balaban J connectivity index is 1.43. The van der Waals surface area contributed by atoms with Crippen molar-refractivity contribution in [2.45, 2.75) is 19.6 Å². The Labute approximate surface area is 204 Å². The number of morpholine rings is 1. The summed E-state index contributed by atoms with van der Waals surface area (Å²) in [6, 6.07) is 9.33. The quantitative estimate of drug-likeness (QED) is 0.415. The first-order chi connectivity index (χ1) is 17.1. The number of hydrogen-bond acceptors (Lipinski definition) is 9. The number of benzene rings is 1. The van der Waals surface area contributed by atoms with E-state index in [9.17, 15) is 4.79 Å². The molecule has 0 aliphatic carbocycles. The number of nitrogens with one attached hydrogen (secondary N) is 1. The van der Waals surface area contributed by atoms with Crippen LogP contribution >= 0.6 is 0 Å². The van der Waals surface area contributed by atoms with Crippen LogP contribution in [-0.4, -0.2) is 74.3 Å². The van der Waals surface area contributed by atoms with Gasteiger partial charge in [-0.25, -0.2) is 4.98 Å². The third kappa shape index (κ3) is 7.08. The topological polar surface area (TPSA) is 102 Å². The van der Waals surface area contributed by atoms with E-state index >= 15 is 0 Å². The van der Waals surface area contributed by atoms with Crippen molar-refractivity contribution < 1.29 is 27.8 Å². The Morgan fingerprint density at radius 1 is 1.14 bits per heavy atom. The van der Waals surface area contributed by atoms with Crippen LogP contribution in [0, 0.1) is 0 Å². The van der Waals surface area contributed by atoms with Gasteiger partial charge in [-0.05, 0) is 30.3 Å². The Kier molecular flexibility index (Phi) is 8.77. The molecule has 35 heavy (non-hydrogen) atoms. The molecule has 1 aliphatic rings. The number of hydrogen-bond donors (Lipinski definition) is 1. The SMILES string of the molecule is COc1ccc(OC)c(CN(CCN2CCOCC2)Cc2nc(C(=O)NCc3ccco3)co2)c1. The first-order valence-electron chi connectivity index (χ1n) is 11.6. The highest BCUT2D eigenvalue weighted by Crippen LogP contribution is 2.26. The monoisotopic (exact) mass is 484 g/mol. The van der Waals surface area contributed by atoms with E-state index < -0.39 is 0 Å². The van der Waals surface area contributed by atoms with E-state index in [-0.39, 0.29) is 18.1 Å². The molecule has 3 aromatic rings. The van der Waals surface area contributed by atoms with Crippen molar-refractivity contribution in [2.75, 3.05) is 53.6 Å². The second kappa shape index (κ2) is 12.4. The molecule has 1 saturated heterocycles. The summed E-state index contributed by atoms with van der Waals surface area (Å²) < 4.78 is 27.4. The van der Waals surface area contributed by atoms with Gasteiger partial charge in [-0.15, -0.1) is 0 Å². The summed E-state index contributed by atoms with van der Waals surface area (Å²) in [4.78, 5) is 21.5. The molecule has 0 bridgehead atoms. The van der Waals surface area contributed by atoms with Crippen molar-refractivity contribution in [2.24, 2.45) is 0 Å². The third-order valence-electron chi connectivity index (χ3n) is 5.86. The Morgan fingerprint density at radius 3 is 2.74 bits per heavy atom. The summed E-state index contributed by atoms with van der Waals surface area (Å²) in [5.41, 5.74) is 1.23. The molecule has 1 N–H and O–H groups in total. The van der Waals surface area contributed by atoms with Crippen molar-refractivity contribution in [1.29, 1.82) is 0 Å². The van der Waals surface area contributed by atoms with E-state index in [0.29, 0.717) is 24.7 Å². The normalized spacial score (nSPS) is 14.3. The van der Waals surface area contributed by atoms with E-state index in [2.05, 4.69) is 20.1 Å². The number of ether oxygens (including phenoxy) is 3. The predicted octanol–water partition coefficient (Wildman–Crippen LogP) is 2.55. The highest BCUT2D eigenvalue weighted by molar-refractivity contribution is 5.91. The maximum Gasteiger partial charge on any atom is 0.273 e. The largest absolute Gasteiger partial charge is 0.497 e. The highest BCUT2D eigenvalue weighted by atomic mass is 16.5. The van der Waals surface area contributed by atoms with Crippen LogP contribution in [0.5, 0.6) is 11.5 Å². The zero-order chi connectivity index (χ0) is 24.5. The molecular weight excluding hydrogens is 452 g/mol. The van der Waals surface area contributed by atoms with Crippen molar-refractivity contribution in [1.82, 2.24) is 20.1 Å². The Hall–Kier alpha value is -3.34. The Bertz CT molecular complexity index is 1060. The minimum Gasteiger partial charge on any atom is -0.497 e. The number of carbonyl (C=O) groups excluding carboxylic acids is 1. The molecule has 10 heteroatoms. The molecule has 1 amide bonds. The number of nitrogens with zero attached hydrogens (tertiary/aromatic N) is 3. The van der Waals surface area contributed by atoms with Crippen molar-refractivity contribution in [3.05, 3.63) is 65.8 Å². The summed E-state index contributed by atoms with van der Waals surface area (Å²) in [6.07, 6.45) is 2.96. The minimum absolute atomic E-state index is 0.235. The van der Waals surface area contributed by atoms with Gasteiger partial charge in [0.05, 0.1) is 46.8 Å². The van der Waals surface area contributed by atoms with E-state index in [1.165, 1.54) is 6.26 Å². The van der Waals surface area contributed by atoms with Gasteiger partial charge in [0.15, 0.2) is 5.69 Å². The third-order valence-corrected chi connectivity index (χ3v) is 5.86. The number of amides is 1. The smallest absolute Gasteiger partial charge is 0.273 e. The first kappa shape index (κ1) is 24.8. The van der Waals surface area contributed by atoms with E-state index in [1.807, 2.05) is 18.2 Å². The van der Waals surface area contributed by atoms with Crippen molar-refractivity contribution in [3.8, 4) is 11.5 Å². The van der Waals surface area contributed by atoms with Crippen LogP contribution in [0.4, 0.5) is 0 Å². The molecule has 1 aromatic carbocycles. The molecule has 0 atom stereocenters. The molecular formula is C25H32N4O6. The van der Waals surface area contributed by atoms with Gasteiger partial charge < -0.3 is 28.4 Å². The second-order valence-electron chi connectivity index (χ2n) is 8.23. The molecule has 0 unspecified atom stereocenters. The summed E-state index contributed by atoms with van der Waals surface area (Å²) in [5.74, 6) is 2.37. The van der Waals surface area contributed by atoms with Gasteiger partial charge >= 0.3 is 0 Å². The number of oxazole rings is 1. The van der Waals surface area contributed by atoms with Crippen LogP contribution in [0.3, 0.4) is 0 Å². The molecule has 4 rings (SSSR count). The number of furan rings is 1. The highest BCUT2D eigenvalue weighted by Gasteiger charge is 2.19. The summed E-state index contributed by atoms with van der Waals surface area (Å²) >= 11 is 0. The predicted molar refractivity (Wildman–Crippen MR) is 127 cm³/mol. The fourth-order valence-corrected chi connectivity index (χ4v) is 3.92. The molecule has 0 saturated carbocycles. The van der Waals surface area contributed by atoms with Crippen LogP contribution in [0.15, 0.2) is 51.7 Å². The maximum atomic E-state index is 12.5. The van der Waals surface area contributed by atoms with Crippen molar-refractivity contribution >= 4 is 5.91 Å². The second-order valence-corrected chi connectivity index (χ2v) is 8.23. The number of carbonyl (C=O) groups is 1. The molecule has 0 radical (unpaired) electrons. The van der Waals surface area contributed by atoms with Crippen LogP contribution < -0.4 is 14.8 Å². The van der Waals surface area contributed by atoms with Gasteiger partial charge in [-0.1, -0.05) is 0 Å². The number of rotatable bonds is 12. The summed E-state index contributed by atoms with van der Waals surface area (Å²) in [5, 5.41) is 2.79. The molecule has 1 aliphatic heterocycles. The van der Waals surface area contributed by atoms with Gasteiger partial charge in [0.25, 0.3) is 5.91 Å². The molecule has 1 fully saturated rings. The molecule has 10 nitrogen and oxygen atoms in total. The van der Waals surface area contributed by atoms with Crippen LogP contribution in [0.1, 0.15) is 27.7 Å². The number of methoxy groups -OCH3 is 2. The van der Waals surface area contributed by atoms with Gasteiger partial charge in [0.1, 0.15) is 23.5 Å². The zero-order valence-corrected chi connectivity index (χ0v) is 20.2. The van der Waals surface area contributed by atoms with Gasteiger partial charge in [0, 0.05) is 38.3 Å². The van der Waals surface area contributed by atoms with Crippen molar-refractivity contribution in [3.63, 3.8) is 0 Å². The van der Waals surface area contributed by atoms with E-state index in [1.54, 1.807) is 32.6 Å². The molecule has 2 aromatic heterocycles. The Morgan fingerprint density at radius 2 is 2.00 bits per heavy atom. The average Bonchev–Trinajstić information content (AvgIpc) is 3.59. The minimum atomic E-state index is -0.314. The number of aromatic nitrogens is 1. The van der Waals surface area contributed by atoms with Gasteiger partial charge in [-0.2, -0.15) is 0 Å². The standard InChI is InChI=1S/C25H32N4O6/c1-31-20-5-6-23(32-2)19(14-20)16-29(8-7-28-9-12-33-13-10-28)17-24-27-22(18-35-24)25(30)26-15-21-4-3-11-34-21/h3-6,11,14,18H,7-10,12-13,15-17H2,1-2H3,(H,26,30). The van der Waals surface area contributed by atoms with Gasteiger partial charge in [0.2, 0.25) is 5.89 Å². The van der Waals surface area contributed by atoms with E-state index in [4.69, 9.17) is 23.0 Å². The van der Waals surface area contributed by atoms with E-state index in [0.717, 1.165) is 56.5 Å². The average molecular weight is 485 g/mol. The van der Waals surface area contributed by atoms with Gasteiger partial charge in [-0.3, -0.25) is 14.6 Å². The van der Waals surface area contributed by atoms with Crippen LogP contribution in [0.2, 0.25) is 0 Å². The fourth-order valence-electron chi connectivity index (χ4n) is 3.92. The summed E-state index contributed by atoms with van der Waals surface area (Å²) in [6.45, 7) is 6.32. The lowest BCUT2D eigenvalue weighted by atomic mass is 10.1. The lowest BCUT2D eigenvalue weighted by Crippen LogP contribution is -2.41. The molecule has 188 valence electrons. The zero-order valence-electron chi connectivity index (χ0n) is 20.2. The lowest BCUT2D eigenvalue weighted by molar-refractivity contribution is 0.0320. The summed E-state index contributed by atoms with van der Waals surface area (Å²) in [7, 11) is 3.30. The molecule has 3 heterocycles. The first-order valence-corrected chi connectivity index (χ1v) is 11.6. The van der Waals surface area contributed by atoms with Crippen LogP contribution in [0.25, 0.3) is 0 Å². The molecule has 0 spiro atoms. The maximum absolute atomic E-state index is 12.5. The lowest BCUT2D eigenvalue weighted by Gasteiger charge is -2.30. The fraction of sp³-hybridized carbons (Fsp3) is 0.440. The van der Waals surface area contributed by atoms with Crippen LogP contribution in [-0.2, 0) is 24.4 Å².